The molecule has 0 N–H and O–H groups in total. The van der Waals surface area contributed by atoms with Crippen molar-refractivity contribution in [1.82, 2.24) is 19.8 Å². The molecule has 4 rings (SSSR count). The lowest BCUT2D eigenvalue weighted by atomic mass is 10.1. The van der Waals surface area contributed by atoms with Gasteiger partial charge in [0.1, 0.15) is 0 Å². The van der Waals surface area contributed by atoms with Crippen molar-refractivity contribution in [3.63, 3.8) is 0 Å². The highest BCUT2D eigenvalue weighted by Gasteiger charge is 2.19. The van der Waals surface area contributed by atoms with Crippen LogP contribution in [0.3, 0.4) is 0 Å². The van der Waals surface area contributed by atoms with Gasteiger partial charge in [-0.3, -0.25) is 9.80 Å². The highest BCUT2D eigenvalue weighted by atomic mass is 32.2. The second kappa shape index (κ2) is 7.59. The van der Waals surface area contributed by atoms with Crippen LogP contribution in [0.2, 0.25) is 0 Å². The van der Waals surface area contributed by atoms with Gasteiger partial charge in [-0.25, -0.2) is 9.97 Å². The van der Waals surface area contributed by atoms with Crippen LogP contribution in [0.25, 0.3) is 0 Å². The summed E-state index contributed by atoms with van der Waals surface area (Å²) in [5.74, 6) is 1.72. The van der Waals surface area contributed by atoms with Gasteiger partial charge in [0.25, 0.3) is 0 Å². The van der Waals surface area contributed by atoms with Crippen LogP contribution in [0.4, 0.5) is 0 Å². The van der Waals surface area contributed by atoms with Gasteiger partial charge in [-0.15, -0.1) is 0 Å². The molecule has 1 aromatic carbocycles. The number of rotatable bonds is 5. The van der Waals surface area contributed by atoms with Crippen molar-refractivity contribution in [3.8, 4) is 11.5 Å². The van der Waals surface area contributed by atoms with E-state index in [4.69, 9.17) is 9.47 Å². The fourth-order valence-corrected chi connectivity index (χ4v) is 3.51. The van der Waals surface area contributed by atoms with Gasteiger partial charge in [-0.2, -0.15) is 0 Å². The van der Waals surface area contributed by atoms with Crippen molar-refractivity contribution < 1.29 is 9.47 Å². The van der Waals surface area contributed by atoms with Gasteiger partial charge in [-0.05, 0) is 24.0 Å². The van der Waals surface area contributed by atoms with Crippen molar-refractivity contribution in [2.45, 2.75) is 18.2 Å². The molecular formula is C18H22N4O2S. The normalized spacial score (nSPS) is 17.8. The molecule has 0 spiro atoms. The largest absolute Gasteiger partial charge is 0.454 e. The summed E-state index contributed by atoms with van der Waals surface area (Å²) in [5, 5.41) is 0.831. The Bertz CT molecular complexity index is 718. The quantitative estimate of drug-likeness (QED) is 0.600. The van der Waals surface area contributed by atoms with Gasteiger partial charge in [0.2, 0.25) is 6.79 Å². The van der Waals surface area contributed by atoms with Crippen molar-refractivity contribution in [3.05, 3.63) is 41.7 Å². The van der Waals surface area contributed by atoms with Crippen LogP contribution in [-0.2, 0) is 13.1 Å². The fraction of sp³-hybridized carbons (Fsp3) is 0.444. The lowest BCUT2D eigenvalue weighted by molar-refractivity contribution is 0.121. The van der Waals surface area contributed by atoms with E-state index < -0.39 is 0 Å². The zero-order valence-electron chi connectivity index (χ0n) is 14.4. The van der Waals surface area contributed by atoms with E-state index in [1.807, 2.05) is 24.7 Å². The molecule has 25 heavy (non-hydrogen) atoms. The van der Waals surface area contributed by atoms with E-state index in [1.165, 1.54) is 11.1 Å². The molecular weight excluding hydrogens is 336 g/mol. The van der Waals surface area contributed by atoms with Gasteiger partial charge in [0.05, 0.1) is 0 Å². The smallest absolute Gasteiger partial charge is 0.231 e. The summed E-state index contributed by atoms with van der Waals surface area (Å²) >= 11 is 1.57. The molecule has 6 nitrogen and oxygen atoms in total. The molecule has 1 aromatic heterocycles. The summed E-state index contributed by atoms with van der Waals surface area (Å²) in [6.45, 7) is 6.47. The molecule has 2 aliphatic heterocycles. The summed E-state index contributed by atoms with van der Waals surface area (Å²) in [4.78, 5) is 13.7. The molecule has 0 atom stereocenters. The second-order valence-electron chi connectivity index (χ2n) is 6.32. The number of fused-ring (bicyclic) bond motifs is 1. The predicted octanol–water partition coefficient (Wildman–Crippen LogP) is 2.25. The number of nitrogens with zero attached hydrogens (tertiary/aromatic N) is 4. The second-order valence-corrected chi connectivity index (χ2v) is 7.09. The minimum Gasteiger partial charge on any atom is -0.454 e. The maximum absolute atomic E-state index is 5.47. The topological polar surface area (TPSA) is 50.7 Å². The van der Waals surface area contributed by atoms with E-state index in [-0.39, 0.29) is 0 Å². The van der Waals surface area contributed by atoms with Crippen LogP contribution >= 0.6 is 11.8 Å². The highest BCUT2D eigenvalue weighted by Crippen LogP contribution is 2.32. The van der Waals surface area contributed by atoms with Crippen LogP contribution in [-0.4, -0.2) is 59.0 Å². The van der Waals surface area contributed by atoms with E-state index >= 15 is 0 Å². The molecule has 0 saturated carbocycles. The van der Waals surface area contributed by atoms with E-state index in [1.54, 1.807) is 11.8 Å². The summed E-state index contributed by atoms with van der Waals surface area (Å²) in [6.07, 6.45) is 5.88. The molecule has 2 aliphatic rings. The average molecular weight is 358 g/mol. The third-order valence-corrected chi connectivity index (χ3v) is 5.15. The van der Waals surface area contributed by atoms with Gasteiger partial charge in [0, 0.05) is 57.2 Å². The number of benzene rings is 1. The maximum atomic E-state index is 5.47. The maximum Gasteiger partial charge on any atom is 0.231 e. The van der Waals surface area contributed by atoms with Crippen molar-refractivity contribution in [1.29, 1.82) is 0 Å². The molecule has 1 fully saturated rings. The number of aromatic nitrogens is 2. The summed E-state index contributed by atoms with van der Waals surface area (Å²) < 4.78 is 10.8. The van der Waals surface area contributed by atoms with Crippen molar-refractivity contribution in [2.24, 2.45) is 0 Å². The van der Waals surface area contributed by atoms with Crippen LogP contribution in [0, 0.1) is 0 Å². The number of ether oxygens (including phenoxy) is 2. The Balaban J connectivity index is 1.28. The monoisotopic (exact) mass is 358 g/mol. The Kier molecular flexibility index (Phi) is 5.05. The first kappa shape index (κ1) is 16.6. The molecule has 0 unspecified atom stereocenters. The zero-order chi connectivity index (χ0) is 17.1. The number of hydrogen-bond acceptors (Lipinski definition) is 7. The third-order valence-electron chi connectivity index (χ3n) is 4.58. The lowest BCUT2D eigenvalue weighted by Gasteiger charge is -2.34. The van der Waals surface area contributed by atoms with Crippen LogP contribution in [0.5, 0.6) is 11.5 Å². The SMILES string of the molecule is CSc1ncc(CN2CCN(Cc3ccc4c(c3)OCO4)CC2)cn1. The van der Waals surface area contributed by atoms with E-state index in [0.29, 0.717) is 6.79 Å². The molecule has 132 valence electrons. The first-order valence-electron chi connectivity index (χ1n) is 8.48. The number of thioether (sulfide) groups is 1. The average Bonchev–Trinajstić information content (AvgIpc) is 3.12. The Hall–Kier alpha value is -1.83. The van der Waals surface area contributed by atoms with E-state index in [0.717, 1.165) is 55.9 Å². The van der Waals surface area contributed by atoms with Crippen LogP contribution < -0.4 is 9.47 Å². The Morgan fingerprint density at radius 3 is 2.24 bits per heavy atom. The predicted molar refractivity (Wildman–Crippen MR) is 96.9 cm³/mol. The minimum absolute atomic E-state index is 0.332. The van der Waals surface area contributed by atoms with E-state index in [9.17, 15) is 0 Å². The van der Waals surface area contributed by atoms with Crippen molar-refractivity contribution >= 4 is 11.8 Å². The van der Waals surface area contributed by atoms with Crippen LogP contribution in [0.15, 0.2) is 35.7 Å². The van der Waals surface area contributed by atoms with Gasteiger partial charge in [0.15, 0.2) is 16.7 Å². The van der Waals surface area contributed by atoms with Crippen LogP contribution in [0.1, 0.15) is 11.1 Å². The molecule has 1 saturated heterocycles. The lowest BCUT2D eigenvalue weighted by Crippen LogP contribution is -2.45. The van der Waals surface area contributed by atoms with E-state index in [2.05, 4.69) is 31.9 Å². The molecule has 0 aliphatic carbocycles. The first-order valence-corrected chi connectivity index (χ1v) is 9.71. The zero-order valence-corrected chi connectivity index (χ0v) is 15.2. The minimum atomic E-state index is 0.332. The summed E-state index contributed by atoms with van der Waals surface area (Å²) in [6, 6.07) is 6.23. The number of piperazine rings is 1. The number of hydrogen-bond donors (Lipinski definition) is 0. The Morgan fingerprint density at radius 2 is 1.56 bits per heavy atom. The Morgan fingerprint density at radius 1 is 0.920 bits per heavy atom. The first-order chi connectivity index (χ1) is 12.3. The molecule has 0 bridgehead atoms. The third kappa shape index (κ3) is 4.05. The highest BCUT2D eigenvalue weighted by molar-refractivity contribution is 7.98. The summed E-state index contributed by atoms with van der Waals surface area (Å²) in [5.41, 5.74) is 2.46. The molecule has 3 heterocycles. The Labute approximate surface area is 152 Å². The van der Waals surface area contributed by atoms with Gasteiger partial charge < -0.3 is 9.47 Å². The summed E-state index contributed by atoms with van der Waals surface area (Å²) in [7, 11) is 0. The molecule has 2 aromatic rings. The van der Waals surface area contributed by atoms with Crippen molar-refractivity contribution in [2.75, 3.05) is 39.2 Å². The standard InChI is InChI=1S/C18H22N4O2S/c1-25-18-19-9-15(10-20-18)12-22-6-4-21(5-7-22)11-14-2-3-16-17(8-14)24-13-23-16/h2-3,8-10H,4-7,11-13H2,1H3. The molecule has 0 radical (unpaired) electrons. The molecule has 7 heteroatoms. The van der Waals surface area contributed by atoms with Gasteiger partial charge >= 0.3 is 0 Å². The van der Waals surface area contributed by atoms with Gasteiger partial charge in [-0.1, -0.05) is 17.8 Å². The molecule has 0 amide bonds. The fourth-order valence-electron chi connectivity index (χ4n) is 3.19.